The van der Waals surface area contributed by atoms with Crippen LogP contribution < -0.4 is 15.0 Å². The van der Waals surface area contributed by atoms with Crippen molar-refractivity contribution < 1.29 is 9.47 Å². The summed E-state index contributed by atoms with van der Waals surface area (Å²) in [4.78, 5) is 17.0. The maximum atomic E-state index is 11.8. The van der Waals surface area contributed by atoms with Gasteiger partial charge in [0.1, 0.15) is 17.6 Å². The lowest BCUT2D eigenvalue weighted by Gasteiger charge is -2.33. The molecule has 3 aromatic rings. The van der Waals surface area contributed by atoms with Crippen LogP contribution in [-0.4, -0.2) is 36.2 Å². The zero-order chi connectivity index (χ0) is 18.6. The Hall–Kier alpha value is -2.79. The SMILES string of the molecule is COc1ccc(CN2CCCC(Oc3ccc4c(=O)[nH]ccc4c3)C2)cc1. The molecule has 5 nitrogen and oxygen atoms in total. The van der Waals surface area contributed by atoms with Crippen LogP contribution in [0.2, 0.25) is 0 Å². The number of H-pyrrole nitrogens is 1. The molecule has 0 radical (unpaired) electrons. The average Bonchev–Trinajstić information content (AvgIpc) is 2.69. The smallest absolute Gasteiger partial charge is 0.255 e. The van der Waals surface area contributed by atoms with Gasteiger partial charge in [0.25, 0.3) is 5.56 Å². The van der Waals surface area contributed by atoms with Gasteiger partial charge in [0.2, 0.25) is 0 Å². The number of hydrogen-bond acceptors (Lipinski definition) is 4. The summed E-state index contributed by atoms with van der Waals surface area (Å²) in [6.45, 7) is 2.90. The van der Waals surface area contributed by atoms with Crippen LogP contribution >= 0.6 is 0 Å². The highest BCUT2D eigenvalue weighted by Crippen LogP contribution is 2.23. The molecule has 1 N–H and O–H groups in total. The van der Waals surface area contributed by atoms with E-state index in [0.717, 1.165) is 49.4 Å². The van der Waals surface area contributed by atoms with E-state index in [4.69, 9.17) is 9.47 Å². The van der Waals surface area contributed by atoms with E-state index in [1.54, 1.807) is 13.3 Å². The second-order valence-corrected chi connectivity index (χ2v) is 7.02. The van der Waals surface area contributed by atoms with Crippen molar-refractivity contribution in [1.29, 1.82) is 0 Å². The van der Waals surface area contributed by atoms with Gasteiger partial charge in [-0.3, -0.25) is 9.69 Å². The van der Waals surface area contributed by atoms with Crippen LogP contribution in [0.1, 0.15) is 18.4 Å². The van der Waals surface area contributed by atoms with Crippen molar-refractivity contribution in [1.82, 2.24) is 9.88 Å². The van der Waals surface area contributed by atoms with Crippen molar-refractivity contribution in [2.75, 3.05) is 20.2 Å². The highest BCUT2D eigenvalue weighted by molar-refractivity contribution is 5.82. The van der Waals surface area contributed by atoms with Gasteiger partial charge < -0.3 is 14.5 Å². The number of piperidine rings is 1. The molecule has 1 aliphatic rings. The topological polar surface area (TPSA) is 54.6 Å². The van der Waals surface area contributed by atoms with Crippen molar-refractivity contribution in [3.63, 3.8) is 0 Å². The molecule has 1 aliphatic heterocycles. The molecule has 0 bridgehead atoms. The summed E-state index contributed by atoms with van der Waals surface area (Å²) in [7, 11) is 1.69. The number of methoxy groups -OCH3 is 1. The van der Waals surface area contributed by atoms with Crippen molar-refractivity contribution in [3.05, 3.63) is 70.6 Å². The van der Waals surface area contributed by atoms with E-state index in [1.807, 2.05) is 36.4 Å². The van der Waals surface area contributed by atoms with Gasteiger partial charge in [-0.15, -0.1) is 0 Å². The lowest BCUT2D eigenvalue weighted by atomic mass is 10.1. The quantitative estimate of drug-likeness (QED) is 0.752. The number of aromatic amines is 1. The van der Waals surface area contributed by atoms with Crippen LogP contribution in [0, 0.1) is 0 Å². The van der Waals surface area contributed by atoms with E-state index >= 15 is 0 Å². The molecule has 140 valence electrons. The Morgan fingerprint density at radius 3 is 2.74 bits per heavy atom. The fourth-order valence-corrected chi connectivity index (χ4v) is 3.68. The highest BCUT2D eigenvalue weighted by atomic mass is 16.5. The molecule has 27 heavy (non-hydrogen) atoms. The normalized spacial score (nSPS) is 17.7. The lowest BCUT2D eigenvalue weighted by Crippen LogP contribution is -2.40. The lowest BCUT2D eigenvalue weighted by molar-refractivity contribution is 0.0844. The Kier molecular flexibility index (Phi) is 5.12. The first-order chi connectivity index (χ1) is 13.2. The summed E-state index contributed by atoms with van der Waals surface area (Å²) >= 11 is 0. The number of nitrogens with one attached hydrogen (secondary N) is 1. The van der Waals surface area contributed by atoms with Gasteiger partial charge in [-0.05, 0) is 66.7 Å². The first-order valence-corrected chi connectivity index (χ1v) is 9.35. The van der Waals surface area contributed by atoms with Gasteiger partial charge in [-0.25, -0.2) is 0 Å². The Bertz CT molecular complexity index is 965. The minimum absolute atomic E-state index is 0.0672. The Morgan fingerprint density at radius 2 is 1.93 bits per heavy atom. The number of fused-ring (bicyclic) bond motifs is 1. The van der Waals surface area contributed by atoms with Gasteiger partial charge in [0.15, 0.2) is 0 Å². The third-order valence-corrected chi connectivity index (χ3v) is 5.08. The van der Waals surface area contributed by atoms with E-state index in [2.05, 4.69) is 22.0 Å². The van der Waals surface area contributed by atoms with Crippen LogP contribution in [0.15, 0.2) is 59.5 Å². The van der Waals surface area contributed by atoms with E-state index in [1.165, 1.54) is 5.56 Å². The molecule has 0 saturated carbocycles. The number of pyridine rings is 1. The summed E-state index contributed by atoms with van der Waals surface area (Å²) in [6.07, 6.45) is 4.00. The van der Waals surface area contributed by atoms with Crippen LogP contribution in [0.25, 0.3) is 10.8 Å². The van der Waals surface area contributed by atoms with Crippen molar-refractivity contribution in [2.45, 2.75) is 25.5 Å². The molecule has 1 atom stereocenters. The molecule has 0 amide bonds. The van der Waals surface area contributed by atoms with Crippen LogP contribution in [0.3, 0.4) is 0 Å². The van der Waals surface area contributed by atoms with Crippen LogP contribution in [0.4, 0.5) is 0 Å². The summed E-state index contributed by atoms with van der Waals surface area (Å²) in [5.74, 6) is 1.71. The van der Waals surface area contributed by atoms with E-state index < -0.39 is 0 Å². The molecule has 5 heteroatoms. The molecule has 1 aromatic heterocycles. The molecule has 1 unspecified atom stereocenters. The first kappa shape index (κ1) is 17.6. The molecular weight excluding hydrogens is 340 g/mol. The summed E-state index contributed by atoms with van der Waals surface area (Å²) in [5, 5.41) is 1.59. The molecule has 4 rings (SSSR count). The fraction of sp³-hybridized carbons (Fsp3) is 0.318. The van der Waals surface area contributed by atoms with Crippen molar-refractivity contribution >= 4 is 10.8 Å². The van der Waals surface area contributed by atoms with Crippen LogP contribution in [-0.2, 0) is 6.54 Å². The van der Waals surface area contributed by atoms with Crippen molar-refractivity contribution in [3.8, 4) is 11.5 Å². The molecule has 0 spiro atoms. The Morgan fingerprint density at radius 1 is 1.11 bits per heavy atom. The zero-order valence-electron chi connectivity index (χ0n) is 15.5. The minimum atomic E-state index is -0.0672. The zero-order valence-corrected chi connectivity index (χ0v) is 15.5. The average molecular weight is 364 g/mol. The number of nitrogens with zero attached hydrogens (tertiary/aromatic N) is 1. The van der Waals surface area contributed by atoms with Gasteiger partial charge in [0, 0.05) is 24.7 Å². The molecule has 1 fully saturated rings. The Balaban J connectivity index is 1.41. The summed E-state index contributed by atoms with van der Waals surface area (Å²) in [5.41, 5.74) is 1.21. The van der Waals surface area contributed by atoms with Gasteiger partial charge >= 0.3 is 0 Å². The maximum absolute atomic E-state index is 11.8. The highest BCUT2D eigenvalue weighted by Gasteiger charge is 2.21. The van der Waals surface area contributed by atoms with Crippen molar-refractivity contribution in [2.24, 2.45) is 0 Å². The predicted octanol–water partition coefficient (Wildman–Crippen LogP) is 3.58. The van der Waals surface area contributed by atoms with Gasteiger partial charge in [-0.1, -0.05) is 12.1 Å². The number of likely N-dealkylation sites (tertiary alicyclic amines) is 1. The number of ether oxygens (including phenoxy) is 2. The largest absolute Gasteiger partial charge is 0.497 e. The number of hydrogen-bond donors (Lipinski definition) is 1. The monoisotopic (exact) mass is 364 g/mol. The Labute approximate surface area is 158 Å². The summed E-state index contributed by atoms with van der Waals surface area (Å²) < 4.78 is 11.5. The number of rotatable bonds is 5. The fourth-order valence-electron chi connectivity index (χ4n) is 3.68. The molecule has 2 heterocycles. The third kappa shape index (κ3) is 4.14. The molecule has 2 aromatic carbocycles. The van der Waals surface area contributed by atoms with Crippen LogP contribution in [0.5, 0.6) is 11.5 Å². The second-order valence-electron chi connectivity index (χ2n) is 7.02. The van der Waals surface area contributed by atoms with E-state index in [9.17, 15) is 4.79 Å². The molecule has 1 saturated heterocycles. The van der Waals surface area contributed by atoms with E-state index in [0.29, 0.717) is 5.39 Å². The van der Waals surface area contributed by atoms with Gasteiger partial charge in [-0.2, -0.15) is 0 Å². The summed E-state index contributed by atoms with van der Waals surface area (Å²) in [6, 6.07) is 15.8. The molecular formula is C22H24N2O3. The standard InChI is InChI=1S/C22H24N2O3/c1-26-18-6-4-16(5-7-18)14-24-12-2-3-20(15-24)27-19-8-9-21-17(13-19)10-11-23-22(21)25/h4-11,13,20H,2-3,12,14-15H2,1H3,(H,23,25). The second kappa shape index (κ2) is 7.84. The van der Waals surface area contributed by atoms with Gasteiger partial charge in [0.05, 0.1) is 7.11 Å². The predicted molar refractivity (Wildman–Crippen MR) is 106 cm³/mol. The number of benzene rings is 2. The third-order valence-electron chi connectivity index (χ3n) is 5.08. The van der Waals surface area contributed by atoms with E-state index in [-0.39, 0.29) is 11.7 Å². The minimum Gasteiger partial charge on any atom is -0.497 e. The molecule has 0 aliphatic carbocycles. The number of aromatic nitrogens is 1. The first-order valence-electron chi connectivity index (χ1n) is 9.35. The maximum Gasteiger partial charge on any atom is 0.255 e.